The summed E-state index contributed by atoms with van der Waals surface area (Å²) in [6, 6.07) is 0. The molecule has 2 heteroatoms. The molecular formula is C10H17NO. The Balaban J connectivity index is 1.97. The molecule has 0 aliphatic heterocycles. The van der Waals surface area contributed by atoms with Gasteiger partial charge in [-0.1, -0.05) is 0 Å². The first kappa shape index (κ1) is 9.57. The Labute approximate surface area is 74.4 Å². The van der Waals surface area contributed by atoms with Crippen LogP contribution in [0, 0.1) is 11.8 Å². The number of hydrogen-bond donors (Lipinski definition) is 2. The molecule has 2 N–H and O–H groups in total. The average Bonchev–Trinajstić information content (AvgIpc) is 2.01. The molecule has 0 atom stereocenters. The lowest BCUT2D eigenvalue weighted by Gasteiger charge is -2.36. The van der Waals surface area contributed by atoms with E-state index in [-0.39, 0.29) is 5.60 Å². The SMILES string of the molecule is CC#CCCNCC1(O)CCC1. The summed E-state index contributed by atoms with van der Waals surface area (Å²) in [5, 5.41) is 12.9. The second-order valence-corrected chi connectivity index (χ2v) is 3.43. The van der Waals surface area contributed by atoms with Gasteiger partial charge in [-0.15, -0.1) is 11.8 Å². The largest absolute Gasteiger partial charge is 0.389 e. The highest BCUT2D eigenvalue weighted by molar-refractivity contribution is 4.96. The Kier molecular flexibility index (Phi) is 3.58. The first-order chi connectivity index (χ1) is 5.77. The minimum atomic E-state index is -0.389. The van der Waals surface area contributed by atoms with Crippen molar-refractivity contribution in [3.63, 3.8) is 0 Å². The molecule has 0 bridgehead atoms. The van der Waals surface area contributed by atoms with Gasteiger partial charge in [-0.2, -0.15) is 0 Å². The van der Waals surface area contributed by atoms with E-state index in [1.807, 2.05) is 6.92 Å². The van der Waals surface area contributed by atoms with Gasteiger partial charge in [0.05, 0.1) is 5.60 Å². The van der Waals surface area contributed by atoms with Crippen LogP contribution in [0.4, 0.5) is 0 Å². The van der Waals surface area contributed by atoms with Crippen molar-refractivity contribution in [3.05, 3.63) is 0 Å². The molecule has 0 aromatic carbocycles. The molecule has 1 aliphatic carbocycles. The molecule has 0 aromatic rings. The van der Waals surface area contributed by atoms with E-state index in [0.717, 1.165) is 32.4 Å². The van der Waals surface area contributed by atoms with Gasteiger partial charge in [-0.25, -0.2) is 0 Å². The molecule has 0 radical (unpaired) electrons. The van der Waals surface area contributed by atoms with Gasteiger partial charge in [0.1, 0.15) is 0 Å². The van der Waals surface area contributed by atoms with Crippen molar-refractivity contribution in [1.29, 1.82) is 0 Å². The maximum Gasteiger partial charge on any atom is 0.0771 e. The van der Waals surface area contributed by atoms with Crippen LogP contribution in [0.25, 0.3) is 0 Å². The van der Waals surface area contributed by atoms with E-state index in [1.165, 1.54) is 6.42 Å². The fourth-order valence-corrected chi connectivity index (χ4v) is 1.36. The summed E-state index contributed by atoms with van der Waals surface area (Å²) in [5.41, 5.74) is -0.389. The molecule has 2 nitrogen and oxygen atoms in total. The molecule has 0 spiro atoms. The van der Waals surface area contributed by atoms with Crippen LogP contribution in [-0.4, -0.2) is 23.8 Å². The minimum absolute atomic E-state index is 0.389. The Morgan fingerprint density at radius 3 is 2.75 bits per heavy atom. The highest BCUT2D eigenvalue weighted by Gasteiger charge is 2.33. The predicted octanol–water partition coefficient (Wildman–Crippen LogP) is 0.904. The van der Waals surface area contributed by atoms with E-state index < -0.39 is 0 Å². The van der Waals surface area contributed by atoms with Crippen LogP contribution in [-0.2, 0) is 0 Å². The molecule has 0 heterocycles. The molecule has 1 fully saturated rings. The number of rotatable bonds is 4. The Bertz CT molecular complexity index is 186. The van der Waals surface area contributed by atoms with Crippen molar-refractivity contribution in [3.8, 4) is 11.8 Å². The summed E-state index contributed by atoms with van der Waals surface area (Å²) in [5.74, 6) is 5.82. The third-order valence-corrected chi connectivity index (χ3v) is 2.34. The van der Waals surface area contributed by atoms with Crippen molar-refractivity contribution in [1.82, 2.24) is 5.32 Å². The van der Waals surface area contributed by atoms with Gasteiger partial charge in [-0.05, 0) is 26.2 Å². The first-order valence-corrected chi connectivity index (χ1v) is 4.59. The molecule has 0 aromatic heterocycles. The molecule has 1 rings (SSSR count). The second kappa shape index (κ2) is 4.49. The number of aliphatic hydroxyl groups is 1. The Morgan fingerprint density at radius 1 is 1.50 bits per heavy atom. The Morgan fingerprint density at radius 2 is 2.25 bits per heavy atom. The zero-order valence-electron chi connectivity index (χ0n) is 7.69. The van der Waals surface area contributed by atoms with E-state index >= 15 is 0 Å². The summed E-state index contributed by atoms with van der Waals surface area (Å²) in [6.07, 6.45) is 3.97. The number of nitrogens with one attached hydrogen (secondary N) is 1. The first-order valence-electron chi connectivity index (χ1n) is 4.59. The molecule has 1 aliphatic rings. The van der Waals surface area contributed by atoms with Crippen molar-refractivity contribution >= 4 is 0 Å². The van der Waals surface area contributed by atoms with E-state index in [2.05, 4.69) is 17.2 Å². The predicted molar refractivity (Wildman–Crippen MR) is 49.7 cm³/mol. The van der Waals surface area contributed by atoms with E-state index in [4.69, 9.17) is 0 Å². The molecule has 0 amide bonds. The maximum atomic E-state index is 9.67. The fourth-order valence-electron chi connectivity index (χ4n) is 1.36. The van der Waals surface area contributed by atoms with Crippen LogP contribution in [0.15, 0.2) is 0 Å². The third-order valence-electron chi connectivity index (χ3n) is 2.34. The summed E-state index contributed by atoms with van der Waals surface area (Å²) in [7, 11) is 0. The lowest BCUT2D eigenvalue weighted by molar-refractivity contribution is -0.0309. The summed E-state index contributed by atoms with van der Waals surface area (Å²) >= 11 is 0. The maximum absolute atomic E-state index is 9.67. The second-order valence-electron chi connectivity index (χ2n) is 3.43. The summed E-state index contributed by atoms with van der Waals surface area (Å²) in [6.45, 7) is 3.47. The lowest BCUT2D eigenvalue weighted by Crippen LogP contribution is -2.46. The van der Waals surface area contributed by atoms with Crippen LogP contribution >= 0.6 is 0 Å². The summed E-state index contributed by atoms with van der Waals surface area (Å²) in [4.78, 5) is 0. The topological polar surface area (TPSA) is 32.3 Å². The van der Waals surface area contributed by atoms with Gasteiger partial charge in [-0.3, -0.25) is 0 Å². The molecule has 0 unspecified atom stereocenters. The minimum Gasteiger partial charge on any atom is -0.389 e. The quantitative estimate of drug-likeness (QED) is 0.482. The average molecular weight is 167 g/mol. The van der Waals surface area contributed by atoms with Crippen molar-refractivity contribution in [2.75, 3.05) is 13.1 Å². The van der Waals surface area contributed by atoms with Gasteiger partial charge in [0.2, 0.25) is 0 Å². The monoisotopic (exact) mass is 167 g/mol. The molecule has 12 heavy (non-hydrogen) atoms. The highest BCUT2D eigenvalue weighted by Crippen LogP contribution is 2.30. The Hall–Kier alpha value is -0.520. The van der Waals surface area contributed by atoms with Crippen molar-refractivity contribution in [2.24, 2.45) is 0 Å². The fraction of sp³-hybridized carbons (Fsp3) is 0.800. The van der Waals surface area contributed by atoms with Crippen molar-refractivity contribution < 1.29 is 5.11 Å². The van der Waals surface area contributed by atoms with Gasteiger partial charge in [0.15, 0.2) is 0 Å². The van der Waals surface area contributed by atoms with Crippen LogP contribution in [0.3, 0.4) is 0 Å². The van der Waals surface area contributed by atoms with Crippen LogP contribution < -0.4 is 5.32 Å². The smallest absolute Gasteiger partial charge is 0.0771 e. The van der Waals surface area contributed by atoms with Gasteiger partial charge in [0.25, 0.3) is 0 Å². The van der Waals surface area contributed by atoms with Gasteiger partial charge >= 0.3 is 0 Å². The van der Waals surface area contributed by atoms with Crippen LogP contribution in [0.1, 0.15) is 32.6 Å². The molecule has 68 valence electrons. The zero-order chi connectivity index (χ0) is 8.86. The standard InChI is InChI=1S/C10H17NO/c1-2-3-4-8-11-9-10(12)6-5-7-10/h11-12H,4-9H2,1H3. The van der Waals surface area contributed by atoms with E-state index in [1.54, 1.807) is 0 Å². The van der Waals surface area contributed by atoms with Crippen LogP contribution in [0.5, 0.6) is 0 Å². The van der Waals surface area contributed by atoms with Gasteiger partial charge < -0.3 is 10.4 Å². The van der Waals surface area contributed by atoms with E-state index in [9.17, 15) is 5.11 Å². The third kappa shape index (κ3) is 2.84. The molecule has 0 saturated heterocycles. The van der Waals surface area contributed by atoms with Crippen LogP contribution in [0.2, 0.25) is 0 Å². The highest BCUT2D eigenvalue weighted by atomic mass is 16.3. The summed E-state index contributed by atoms with van der Waals surface area (Å²) < 4.78 is 0. The van der Waals surface area contributed by atoms with Gasteiger partial charge in [0, 0.05) is 19.5 Å². The lowest BCUT2D eigenvalue weighted by atomic mass is 9.80. The van der Waals surface area contributed by atoms with E-state index in [0.29, 0.717) is 0 Å². The molecule has 1 saturated carbocycles. The van der Waals surface area contributed by atoms with Crippen molar-refractivity contribution in [2.45, 2.75) is 38.2 Å². The normalized spacial score (nSPS) is 19.2. The molecular weight excluding hydrogens is 150 g/mol. The zero-order valence-corrected chi connectivity index (χ0v) is 7.69. The number of hydrogen-bond acceptors (Lipinski definition) is 2.